The van der Waals surface area contributed by atoms with Gasteiger partial charge in [0, 0.05) is 13.0 Å². The summed E-state index contributed by atoms with van der Waals surface area (Å²) in [4.78, 5) is 12.4. The Balaban J connectivity index is 0.00000420. The predicted octanol–water partition coefficient (Wildman–Crippen LogP) is 9.06. The molecule has 8 atom stereocenters. The molecule has 5 heteroatoms. The molecule has 4 unspecified atom stereocenters. The lowest BCUT2D eigenvalue weighted by molar-refractivity contribution is -0.0581. The number of halogens is 1. The number of carbonyl (C=O) groups is 1. The molecule has 3 saturated carbocycles. The molecule has 3 fully saturated rings. The quantitative estimate of drug-likeness (QED) is 0.183. The standard InChI is InChI=1S/C34H60N2O2.ClH/c1-24(2)11-10-12-25(3)29-15-16-30-28-14-13-26-23-27(38-32(37)36-22-9-7-6-8-21-35)17-19-33(26,4)31(28)18-20-34(29,30)5;/h13,24-25,27-31H,6-12,14-23,35H2,1-5H3,(H,36,37);1H/t25-,27?,28?,29-,30?,31?,33+,34-;/m1./s1. The van der Waals surface area contributed by atoms with Crippen molar-refractivity contribution >= 4 is 18.5 Å². The summed E-state index contributed by atoms with van der Waals surface area (Å²) in [6.07, 6.45) is 21.1. The minimum Gasteiger partial charge on any atom is -0.446 e. The van der Waals surface area contributed by atoms with Gasteiger partial charge < -0.3 is 15.8 Å². The van der Waals surface area contributed by atoms with E-state index in [1.807, 2.05) is 0 Å². The van der Waals surface area contributed by atoms with E-state index < -0.39 is 0 Å². The van der Waals surface area contributed by atoms with Gasteiger partial charge in [-0.15, -0.1) is 12.4 Å². The summed E-state index contributed by atoms with van der Waals surface area (Å²) in [7, 11) is 0. The summed E-state index contributed by atoms with van der Waals surface area (Å²) in [5.74, 6) is 5.20. The second kappa shape index (κ2) is 14.4. The SMILES string of the molecule is CC(C)CCC[C@@H](C)[C@H]1CCC2C3CC=C4CC(OC(=O)NCCCCCCN)CC[C@]4(C)C3CC[C@@]21C.Cl. The largest absolute Gasteiger partial charge is 0.446 e. The molecule has 4 rings (SSSR count). The minimum absolute atomic E-state index is 0. The number of fused-ring (bicyclic) bond motifs is 5. The van der Waals surface area contributed by atoms with Crippen molar-refractivity contribution in [2.24, 2.45) is 52.1 Å². The van der Waals surface area contributed by atoms with E-state index in [0.29, 0.717) is 17.4 Å². The minimum atomic E-state index is -0.223. The van der Waals surface area contributed by atoms with E-state index in [2.05, 4.69) is 46.0 Å². The third-order valence-corrected chi connectivity index (χ3v) is 11.9. The molecule has 3 N–H and O–H groups in total. The Labute approximate surface area is 246 Å². The summed E-state index contributed by atoms with van der Waals surface area (Å²) in [5.41, 5.74) is 8.02. The summed E-state index contributed by atoms with van der Waals surface area (Å²) in [6.45, 7) is 14.0. The molecule has 4 nitrogen and oxygen atoms in total. The molecule has 226 valence electrons. The van der Waals surface area contributed by atoms with Crippen LogP contribution in [0.5, 0.6) is 0 Å². The smallest absolute Gasteiger partial charge is 0.407 e. The molecule has 0 heterocycles. The van der Waals surface area contributed by atoms with Crippen LogP contribution in [0, 0.1) is 46.3 Å². The zero-order valence-corrected chi connectivity index (χ0v) is 26.8. The maximum atomic E-state index is 12.4. The van der Waals surface area contributed by atoms with Gasteiger partial charge in [0.1, 0.15) is 6.10 Å². The van der Waals surface area contributed by atoms with E-state index in [1.54, 1.807) is 5.57 Å². The molecule has 0 aromatic heterocycles. The van der Waals surface area contributed by atoms with Gasteiger partial charge in [0.15, 0.2) is 0 Å². The topological polar surface area (TPSA) is 64.3 Å². The second-order valence-corrected chi connectivity index (χ2v) is 14.7. The maximum absolute atomic E-state index is 12.4. The molecule has 4 aliphatic rings. The Morgan fingerprint density at radius 1 is 1.00 bits per heavy atom. The fraction of sp³-hybridized carbons (Fsp3) is 0.912. The number of rotatable bonds is 12. The van der Waals surface area contributed by atoms with Crippen LogP contribution in [0.2, 0.25) is 0 Å². The summed E-state index contributed by atoms with van der Waals surface area (Å²) >= 11 is 0. The van der Waals surface area contributed by atoms with Crippen molar-refractivity contribution in [2.75, 3.05) is 13.1 Å². The number of amides is 1. The van der Waals surface area contributed by atoms with Gasteiger partial charge in [-0.3, -0.25) is 0 Å². The Morgan fingerprint density at radius 3 is 2.51 bits per heavy atom. The molecule has 39 heavy (non-hydrogen) atoms. The van der Waals surface area contributed by atoms with Crippen LogP contribution in [0.4, 0.5) is 4.79 Å². The fourth-order valence-corrected chi connectivity index (χ4v) is 9.76. The van der Waals surface area contributed by atoms with E-state index in [9.17, 15) is 4.79 Å². The van der Waals surface area contributed by atoms with E-state index in [0.717, 1.165) is 80.6 Å². The Morgan fingerprint density at radius 2 is 1.77 bits per heavy atom. The first-order valence-electron chi connectivity index (χ1n) is 16.5. The van der Waals surface area contributed by atoms with Crippen LogP contribution in [-0.4, -0.2) is 25.3 Å². The molecule has 4 aliphatic carbocycles. The predicted molar refractivity (Wildman–Crippen MR) is 166 cm³/mol. The number of alkyl carbamates (subject to hydrolysis) is 1. The van der Waals surface area contributed by atoms with Crippen molar-refractivity contribution in [3.63, 3.8) is 0 Å². The number of ether oxygens (including phenoxy) is 1. The van der Waals surface area contributed by atoms with Gasteiger partial charge in [0.25, 0.3) is 0 Å². The van der Waals surface area contributed by atoms with Crippen LogP contribution in [-0.2, 0) is 4.74 Å². The van der Waals surface area contributed by atoms with Crippen LogP contribution in [0.1, 0.15) is 131 Å². The molecule has 1 amide bonds. The van der Waals surface area contributed by atoms with Crippen LogP contribution >= 0.6 is 12.4 Å². The normalized spacial score (nSPS) is 36.2. The molecule has 0 radical (unpaired) electrons. The summed E-state index contributed by atoms with van der Waals surface area (Å²) in [6, 6.07) is 0. The highest BCUT2D eigenvalue weighted by atomic mass is 35.5. The van der Waals surface area contributed by atoms with Gasteiger partial charge in [-0.2, -0.15) is 0 Å². The number of carbonyl (C=O) groups excluding carboxylic acids is 1. The lowest BCUT2D eigenvalue weighted by Gasteiger charge is -2.58. The first kappa shape index (κ1) is 32.8. The van der Waals surface area contributed by atoms with Gasteiger partial charge in [-0.05, 0) is 111 Å². The monoisotopic (exact) mass is 564 g/mol. The Bertz CT molecular complexity index is 815. The lowest BCUT2D eigenvalue weighted by Crippen LogP contribution is -2.51. The van der Waals surface area contributed by atoms with Gasteiger partial charge in [-0.25, -0.2) is 4.79 Å². The number of hydrogen-bond acceptors (Lipinski definition) is 3. The van der Waals surface area contributed by atoms with E-state index in [4.69, 9.17) is 10.5 Å². The highest BCUT2D eigenvalue weighted by Crippen LogP contribution is 2.67. The fourth-order valence-electron chi connectivity index (χ4n) is 9.76. The van der Waals surface area contributed by atoms with Crippen molar-refractivity contribution in [3.8, 4) is 0 Å². The zero-order chi connectivity index (χ0) is 27.3. The van der Waals surface area contributed by atoms with Crippen LogP contribution in [0.15, 0.2) is 11.6 Å². The number of hydrogen-bond donors (Lipinski definition) is 2. The van der Waals surface area contributed by atoms with Crippen molar-refractivity contribution in [2.45, 2.75) is 137 Å². The van der Waals surface area contributed by atoms with E-state index in [1.165, 1.54) is 57.8 Å². The number of unbranched alkanes of at least 4 members (excludes halogenated alkanes) is 3. The molecule has 0 spiro atoms. The van der Waals surface area contributed by atoms with Gasteiger partial charge in [0.05, 0.1) is 0 Å². The maximum Gasteiger partial charge on any atom is 0.407 e. The first-order valence-corrected chi connectivity index (χ1v) is 16.5. The highest BCUT2D eigenvalue weighted by Gasteiger charge is 2.59. The zero-order valence-electron chi connectivity index (χ0n) is 25.9. The summed E-state index contributed by atoms with van der Waals surface area (Å²) in [5, 5.41) is 2.98. The summed E-state index contributed by atoms with van der Waals surface area (Å²) < 4.78 is 5.91. The molecule has 0 aliphatic heterocycles. The van der Waals surface area contributed by atoms with Crippen molar-refractivity contribution in [1.29, 1.82) is 0 Å². The van der Waals surface area contributed by atoms with Crippen molar-refractivity contribution in [3.05, 3.63) is 11.6 Å². The van der Waals surface area contributed by atoms with Crippen molar-refractivity contribution in [1.82, 2.24) is 5.32 Å². The van der Waals surface area contributed by atoms with Gasteiger partial charge in [0.2, 0.25) is 0 Å². The van der Waals surface area contributed by atoms with Crippen LogP contribution in [0.3, 0.4) is 0 Å². The average Bonchev–Trinajstić information content (AvgIpc) is 3.23. The number of allylic oxidation sites excluding steroid dienone is 1. The molecule has 0 aromatic carbocycles. The molecular weight excluding hydrogens is 504 g/mol. The Hall–Kier alpha value is -0.740. The molecule has 0 bridgehead atoms. The lowest BCUT2D eigenvalue weighted by atomic mass is 9.47. The van der Waals surface area contributed by atoms with Crippen molar-refractivity contribution < 1.29 is 9.53 Å². The van der Waals surface area contributed by atoms with Gasteiger partial charge >= 0.3 is 6.09 Å². The number of nitrogens with two attached hydrogens (primary N) is 1. The molecular formula is C34H61ClN2O2. The molecule has 0 aromatic rings. The van der Waals surface area contributed by atoms with E-state index in [-0.39, 0.29) is 24.6 Å². The Kier molecular flexibility index (Phi) is 12.1. The van der Waals surface area contributed by atoms with Crippen LogP contribution in [0.25, 0.3) is 0 Å². The third kappa shape index (κ3) is 7.37. The third-order valence-electron chi connectivity index (χ3n) is 11.9. The molecule has 0 saturated heterocycles. The average molecular weight is 565 g/mol. The van der Waals surface area contributed by atoms with Crippen LogP contribution < -0.4 is 11.1 Å². The van der Waals surface area contributed by atoms with Gasteiger partial charge in [-0.1, -0.05) is 78.4 Å². The highest BCUT2D eigenvalue weighted by molar-refractivity contribution is 5.85. The number of nitrogens with one attached hydrogen (secondary N) is 1. The van der Waals surface area contributed by atoms with E-state index >= 15 is 0 Å². The first-order chi connectivity index (χ1) is 18.2. The second-order valence-electron chi connectivity index (χ2n) is 14.7.